The second-order valence-electron chi connectivity index (χ2n) is 5.10. The molecule has 1 N–H and O–H groups in total. The van der Waals surface area contributed by atoms with Crippen LogP contribution in [0.4, 0.5) is 0 Å². The number of aliphatic hydroxyl groups is 1. The van der Waals surface area contributed by atoms with E-state index in [0.717, 1.165) is 24.7 Å². The van der Waals surface area contributed by atoms with E-state index in [0.29, 0.717) is 11.2 Å². The van der Waals surface area contributed by atoms with Crippen LogP contribution >= 0.6 is 0 Å². The normalized spacial score (nSPS) is 31.9. The summed E-state index contributed by atoms with van der Waals surface area (Å²) in [5.74, 6) is 1.94. The zero-order valence-corrected chi connectivity index (χ0v) is 9.14. The van der Waals surface area contributed by atoms with Gasteiger partial charge in [0.15, 0.2) is 0 Å². The van der Waals surface area contributed by atoms with Gasteiger partial charge in [-0.2, -0.15) is 0 Å². The predicted molar refractivity (Wildman–Crippen MR) is 56.7 cm³/mol. The molecule has 0 heterocycles. The highest BCUT2D eigenvalue weighted by atomic mass is 16.3. The van der Waals surface area contributed by atoms with Crippen LogP contribution in [0.2, 0.25) is 0 Å². The summed E-state index contributed by atoms with van der Waals surface area (Å²) < 4.78 is 0. The van der Waals surface area contributed by atoms with E-state index in [-0.39, 0.29) is 0 Å². The Labute approximate surface area is 81.9 Å². The van der Waals surface area contributed by atoms with Gasteiger partial charge in [-0.3, -0.25) is 0 Å². The van der Waals surface area contributed by atoms with Crippen LogP contribution in [0.5, 0.6) is 0 Å². The predicted octanol–water partition coefficient (Wildman–Crippen LogP) is 3.91. The van der Waals surface area contributed by atoms with Crippen molar-refractivity contribution < 1.29 is 5.11 Å². The molecular formula is C12H22O. The summed E-state index contributed by atoms with van der Waals surface area (Å²) in [6.45, 7) is 10.6. The molecule has 1 aliphatic carbocycles. The molecule has 13 heavy (non-hydrogen) atoms. The molecule has 1 rings (SSSR count). The van der Waals surface area contributed by atoms with Crippen LogP contribution in [0.15, 0.2) is 12.3 Å². The van der Waals surface area contributed by atoms with E-state index in [2.05, 4.69) is 27.4 Å². The van der Waals surface area contributed by atoms with Gasteiger partial charge in [0.25, 0.3) is 0 Å². The molecule has 2 atom stereocenters. The van der Waals surface area contributed by atoms with Crippen molar-refractivity contribution in [2.24, 2.45) is 17.3 Å². The lowest BCUT2D eigenvalue weighted by Gasteiger charge is -2.31. The molecule has 1 heteroatoms. The van der Waals surface area contributed by atoms with Gasteiger partial charge in [0.05, 0.1) is 5.76 Å². The van der Waals surface area contributed by atoms with Crippen LogP contribution in [0.1, 0.15) is 46.5 Å². The van der Waals surface area contributed by atoms with Crippen molar-refractivity contribution in [3.8, 4) is 0 Å². The van der Waals surface area contributed by atoms with Gasteiger partial charge < -0.3 is 5.11 Å². The molecule has 1 saturated carbocycles. The van der Waals surface area contributed by atoms with Crippen molar-refractivity contribution >= 4 is 0 Å². The summed E-state index contributed by atoms with van der Waals surface area (Å²) in [6.07, 6.45) is 4.55. The largest absolute Gasteiger partial charge is 0.513 e. The van der Waals surface area contributed by atoms with E-state index in [1.165, 1.54) is 12.8 Å². The highest BCUT2D eigenvalue weighted by molar-refractivity contribution is 4.91. The highest BCUT2D eigenvalue weighted by Gasteiger charge is 2.39. The van der Waals surface area contributed by atoms with Crippen LogP contribution in [0.3, 0.4) is 0 Å². The maximum Gasteiger partial charge on any atom is 0.0851 e. The highest BCUT2D eigenvalue weighted by Crippen LogP contribution is 2.49. The third kappa shape index (κ3) is 2.26. The zero-order chi connectivity index (χ0) is 10.1. The second-order valence-corrected chi connectivity index (χ2v) is 5.10. The minimum atomic E-state index is 0.343. The van der Waals surface area contributed by atoms with Crippen molar-refractivity contribution in [2.45, 2.75) is 46.5 Å². The summed E-state index contributed by atoms with van der Waals surface area (Å²) in [7, 11) is 0. The molecule has 0 aliphatic heterocycles. The molecule has 76 valence electrons. The molecule has 0 saturated heterocycles. The fourth-order valence-electron chi connectivity index (χ4n) is 2.45. The molecule has 0 spiro atoms. The van der Waals surface area contributed by atoms with Crippen molar-refractivity contribution in [1.29, 1.82) is 0 Å². The minimum absolute atomic E-state index is 0.343. The number of rotatable bonds is 3. The van der Waals surface area contributed by atoms with E-state index >= 15 is 0 Å². The van der Waals surface area contributed by atoms with Crippen LogP contribution in [-0.4, -0.2) is 5.11 Å². The molecule has 0 radical (unpaired) electrons. The van der Waals surface area contributed by atoms with Gasteiger partial charge in [-0.25, -0.2) is 0 Å². The third-order valence-corrected chi connectivity index (χ3v) is 4.05. The molecule has 0 aromatic rings. The molecular weight excluding hydrogens is 160 g/mol. The molecule has 0 aromatic heterocycles. The molecule has 1 aliphatic rings. The van der Waals surface area contributed by atoms with E-state index < -0.39 is 0 Å². The van der Waals surface area contributed by atoms with Crippen LogP contribution in [0.25, 0.3) is 0 Å². The van der Waals surface area contributed by atoms with Gasteiger partial charge in [-0.15, -0.1) is 0 Å². The topological polar surface area (TPSA) is 20.2 Å². The summed E-state index contributed by atoms with van der Waals surface area (Å²) in [4.78, 5) is 0. The number of hydrogen-bond acceptors (Lipinski definition) is 1. The average molecular weight is 182 g/mol. The van der Waals surface area contributed by atoms with Crippen LogP contribution < -0.4 is 0 Å². The van der Waals surface area contributed by atoms with Crippen molar-refractivity contribution in [3.63, 3.8) is 0 Å². The van der Waals surface area contributed by atoms with Gasteiger partial charge >= 0.3 is 0 Å². The molecule has 2 unspecified atom stereocenters. The Hall–Kier alpha value is -0.460. The molecule has 0 bridgehead atoms. The van der Waals surface area contributed by atoms with E-state index in [9.17, 15) is 0 Å². The Bertz CT molecular complexity index is 193. The smallest absolute Gasteiger partial charge is 0.0851 e. The lowest BCUT2D eigenvalue weighted by atomic mass is 9.74. The Morgan fingerprint density at radius 2 is 2.08 bits per heavy atom. The first-order valence-corrected chi connectivity index (χ1v) is 5.31. The Morgan fingerprint density at radius 1 is 1.46 bits per heavy atom. The van der Waals surface area contributed by atoms with Crippen LogP contribution in [0, 0.1) is 17.3 Å². The summed E-state index contributed by atoms with van der Waals surface area (Å²) in [6, 6.07) is 0. The van der Waals surface area contributed by atoms with Crippen molar-refractivity contribution in [3.05, 3.63) is 12.3 Å². The van der Waals surface area contributed by atoms with Gasteiger partial charge in [-0.05, 0) is 36.5 Å². The minimum Gasteiger partial charge on any atom is -0.513 e. The Morgan fingerprint density at radius 3 is 2.46 bits per heavy atom. The maximum absolute atomic E-state index is 9.05. The van der Waals surface area contributed by atoms with Crippen LogP contribution in [-0.2, 0) is 0 Å². The first-order chi connectivity index (χ1) is 5.94. The van der Waals surface area contributed by atoms with Gasteiger partial charge in [0.1, 0.15) is 0 Å². The van der Waals surface area contributed by atoms with Gasteiger partial charge in [-0.1, -0.05) is 27.4 Å². The summed E-state index contributed by atoms with van der Waals surface area (Å²) in [5.41, 5.74) is 0.454. The Kier molecular flexibility index (Phi) is 3.05. The Balaban J connectivity index is 2.47. The van der Waals surface area contributed by atoms with Gasteiger partial charge in [0.2, 0.25) is 0 Å². The quantitative estimate of drug-likeness (QED) is 0.656. The fourth-order valence-corrected chi connectivity index (χ4v) is 2.45. The third-order valence-electron chi connectivity index (χ3n) is 4.05. The SMILES string of the molecule is C=C(O)CCC1CCC(C)C1(C)C. The number of hydrogen-bond donors (Lipinski definition) is 1. The average Bonchev–Trinajstić information content (AvgIpc) is 2.25. The van der Waals surface area contributed by atoms with E-state index in [4.69, 9.17) is 5.11 Å². The number of allylic oxidation sites excluding steroid dienone is 1. The fraction of sp³-hybridized carbons (Fsp3) is 0.833. The van der Waals surface area contributed by atoms with Crippen molar-refractivity contribution in [1.82, 2.24) is 0 Å². The van der Waals surface area contributed by atoms with E-state index in [1.54, 1.807) is 0 Å². The molecule has 1 nitrogen and oxygen atoms in total. The molecule has 0 amide bonds. The lowest BCUT2D eigenvalue weighted by Crippen LogP contribution is -2.23. The van der Waals surface area contributed by atoms with E-state index in [1.807, 2.05) is 0 Å². The van der Waals surface area contributed by atoms with Gasteiger partial charge in [0, 0.05) is 6.42 Å². The molecule has 0 aromatic carbocycles. The number of aliphatic hydroxyl groups excluding tert-OH is 1. The zero-order valence-electron chi connectivity index (χ0n) is 9.14. The summed E-state index contributed by atoms with van der Waals surface area (Å²) in [5, 5.41) is 9.05. The molecule has 1 fully saturated rings. The first-order valence-electron chi connectivity index (χ1n) is 5.31. The van der Waals surface area contributed by atoms with Crippen molar-refractivity contribution in [2.75, 3.05) is 0 Å². The monoisotopic (exact) mass is 182 g/mol. The first kappa shape index (κ1) is 10.6. The summed E-state index contributed by atoms with van der Waals surface area (Å²) >= 11 is 0. The lowest BCUT2D eigenvalue weighted by molar-refractivity contribution is 0.184. The second kappa shape index (κ2) is 3.73. The maximum atomic E-state index is 9.05. The standard InChI is InChI=1S/C12H22O/c1-9-5-7-11(12(9,3)4)8-6-10(2)13/h9,11,13H,2,5-8H2,1,3-4H3.